The fraction of sp³-hybridized carbons (Fsp3) is 0.0476. The molecule has 0 aliphatic carbocycles. The van der Waals surface area contributed by atoms with E-state index in [0.717, 1.165) is 54.9 Å². The number of aromatic hydroxyl groups is 2. The average Bonchev–Trinajstić information content (AvgIpc) is 3.11. The van der Waals surface area contributed by atoms with Gasteiger partial charge in [-0.05, 0) is 67.4 Å². The first-order valence-corrected chi connectivity index (χ1v) is 15.1. The molecular formula is C42H32O4. The van der Waals surface area contributed by atoms with Crippen molar-refractivity contribution < 1.29 is 19.7 Å². The molecule has 0 radical (unpaired) electrons. The zero-order valence-electron chi connectivity index (χ0n) is 25.6. The predicted molar refractivity (Wildman–Crippen MR) is 190 cm³/mol. The maximum Gasteiger partial charge on any atom is 0.127 e. The summed E-state index contributed by atoms with van der Waals surface area (Å²) >= 11 is 0. The number of benzene rings is 8. The molecule has 0 spiro atoms. The van der Waals surface area contributed by atoms with Crippen LogP contribution in [-0.4, -0.2) is 24.4 Å². The second kappa shape index (κ2) is 12.2. The monoisotopic (exact) mass is 600 g/mol. The van der Waals surface area contributed by atoms with Gasteiger partial charge in [0.25, 0.3) is 0 Å². The minimum Gasteiger partial charge on any atom is -0.507 e. The van der Waals surface area contributed by atoms with Crippen molar-refractivity contribution in [2.75, 3.05) is 14.2 Å². The molecule has 0 aromatic heterocycles. The lowest BCUT2D eigenvalue weighted by atomic mass is 9.92. The molecule has 0 unspecified atom stereocenters. The number of hydrogen-bond acceptors (Lipinski definition) is 4. The summed E-state index contributed by atoms with van der Waals surface area (Å²) in [4.78, 5) is 0. The zero-order valence-corrected chi connectivity index (χ0v) is 25.6. The van der Waals surface area contributed by atoms with Gasteiger partial charge >= 0.3 is 0 Å². The molecule has 4 heteroatoms. The molecule has 0 aliphatic heterocycles. The number of hydrogen-bond donors (Lipinski definition) is 2. The molecule has 0 aliphatic rings. The van der Waals surface area contributed by atoms with Crippen LogP contribution in [0.4, 0.5) is 0 Å². The van der Waals surface area contributed by atoms with E-state index in [1.165, 1.54) is 10.8 Å². The van der Waals surface area contributed by atoms with Gasteiger partial charge in [-0.2, -0.15) is 0 Å². The maximum atomic E-state index is 10.4. The highest BCUT2D eigenvalue weighted by molar-refractivity contribution is 6.11. The zero-order chi connectivity index (χ0) is 31.6. The summed E-state index contributed by atoms with van der Waals surface area (Å²) < 4.78 is 11.4. The summed E-state index contributed by atoms with van der Waals surface area (Å²) in [6, 6.07) is 47.8. The van der Waals surface area contributed by atoms with Gasteiger partial charge in [0.1, 0.15) is 23.0 Å². The molecule has 0 bridgehead atoms. The lowest BCUT2D eigenvalue weighted by Gasteiger charge is -2.17. The SMILES string of the molecule is COc1ccc2ccccc2c1-c1c(OC)ccc2ccccc12.Oc1ccc2ccccc2c1-c1c(O)ccc2ccccc12. The third kappa shape index (κ3) is 5.00. The van der Waals surface area contributed by atoms with Crippen molar-refractivity contribution in [1.82, 2.24) is 0 Å². The summed E-state index contributed by atoms with van der Waals surface area (Å²) in [6.45, 7) is 0. The molecule has 0 saturated heterocycles. The molecule has 8 aromatic rings. The standard InChI is InChI=1S/C22H18O2.C20H14O2/c1-23-19-13-11-15-7-3-5-9-17(15)21(19)22-18-10-6-4-8-16(18)12-14-20(22)24-2;21-17-11-9-13-5-1-3-7-15(13)19(17)20-16-8-4-2-6-14(16)10-12-18(20)22/h3-14H,1-2H3;1-12,21-22H. The normalized spacial score (nSPS) is 11.0. The van der Waals surface area contributed by atoms with Gasteiger partial charge in [0.15, 0.2) is 0 Å². The quantitative estimate of drug-likeness (QED) is 0.211. The molecule has 0 saturated carbocycles. The van der Waals surface area contributed by atoms with Crippen LogP contribution in [0.5, 0.6) is 23.0 Å². The van der Waals surface area contributed by atoms with Crippen molar-refractivity contribution in [2.24, 2.45) is 0 Å². The van der Waals surface area contributed by atoms with Gasteiger partial charge in [0.05, 0.1) is 14.2 Å². The highest BCUT2D eigenvalue weighted by Crippen LogP contribution is 2.46. The summed E-state index contributed by atoms with van der Waals surface area (Å²) in [5.74, 6) is 2.04. The molecule has 0 heterocycles. The first kappa shape index (κ1) is 28.8. The predicted octanol–water partition coefficient (Wildman–Crippen LogP) is 10.7. The number of fused-ring (bicyclic) bond motifs is 4. The third-order valence-corrected chi connectivity index (χ3v) is 8.54. The van der Waals surface area contributed by atoms with E-state index in [-0.39, 0.29) is 11.5 Å². The number of phenolic OH excluding ortho intramolecular Hbond substituents is 2. The van der Waals surface area contributed by atoms with Crippen LogP contribution in [0.25, 0.3) is 65.3 Å². The second-order valence-corrected chi connectivity index (χ2v) is 11.1. The van der Waals surface area contributed by atoms with E-state index in [1.807, 2.05) is 72.8 Å². The summed E-state index contributed by atoms with van der Waals surface area (Å²) in [5.41, 5.74) is 3.49. The van der Waals surface area contributed by atoms with Crippen molar-refractivity contribution >= 4 is 43.1 Å². The second-order valence-electron chi connectivity index (χ2n) is 11.1. The average molecular weight is 601 g/mol. The van der Waals surface area contributed by atoms with Gasteiger partial charge in [-0.1, -0.05) is 121 Å². The van der Waals surface area contributed by atoms with Gasteiger partial charge in [-0.3, -0.25) is 0 Å². The molecular weight excluding hydrogens is 568 g/mol. The van der Waals surface area contributed by atoms with Crippen LogP contribution in [0.15, 0.2) is 146 Å². The molecule has 2 N–H and O–H groups in total. The lowest BCUT2D eigenvalue weighted by Crippen LogP contribution is -1.94. The van der Waals surface area contributed by atoms with Crippen molar-refractivity contribution in [3.8, 4) is 45.3 Å². The molecule has 46 heavy (non-hydrogen) atoms. The topological polar surface area (TPSA) is 58.9 Å². The Morgan fingerprint density at radius 3 is 0.935 bits per heavy atom. The molecule has 4 nitrogen and oxygen atoms in total. The Balaban J connectivity index is 0.000000147. The molecule has 224 valence electrons. The Morgan fingerprint density at radius 1 is 0.326 bits per heavy atom. The summed E-state index contributed by atoms with van der Waals surface area (Å²) in [5, 5.41) is 29.5. The molecule has 8 aromatic carbocycles. The minimum absolute atomic E-state index is 0.172. The molecule has 0 amide bonds. The minimum atomic E-state index is 0.172. The van der Waals surface area contributed by atoms with Crippen LogP contribution < -0.4 is 9.47 Å². The Bertz CT molecular complexity index is 2210. The maximum absolute atomic E-state index is 10.4. The Hall–Kier alpha value is -6.00. The van der Waals surface area contributed by atoms with Gasteiger partial charge < -0.3 is 19.7 Å². The van der Waals surface area contributed by atoms with Crippen LogP contribution in [0.1, 0.15) is 0 Å². The lowest BCUT2D eigenvalue weighted by molar-refractivity contribution is 0.411. The van der Waals surface area contributed by atoms with Gasteiger partial charge in [0, 0.05) is 22.3 Å². The molecule has 8 rings (SSSR count). The van der Waals surface area contributed by atoms with Gasteiger partial charge in [0.2, 0.25) is 0 Å². The summed E-state index contributed by atoms with van der Waals surface area (Å²) in [6.07, 6.45) is 0. The van der Waals surface area contributed by atoms with Crippen molar-refractivity contribution in [3.05, 3.63) is 146 Å². The summed E-state index contributed by atoms with van der Waals surface area (Å²) in [7, 11) is 3.43. The highest BCUT2D eigenvalue weighted by atomic mass is 16.5. The fourth-order valence-electron chi connectivity index (χ4n) is 6.40. The van der Waals surface area contributed by atoms with E-state index >= 15 is 0 Å². The van der Waals surface area contributed by atoms with Crippen molar-refractivity contribution in [1.29, 1.82) is 0 Å². The first-order valence-electron chi connectivity index (χ1n) is 15.1. The van der Waals surface area contributed by atoms with Crippen molar-refractivity contribution in [2.45, 2.75) is 0 Å². The smallest absolute Gasteiger partial charge is 0.127 e. The van der Waals surface area contributed by atoms with Crippen LogP contribution in [0, 0.1) is 0 Å². The number of methoxy groups -OCH3 is 2. The Kier molecular flexibility index (Phi) is 7.61. The highest BCUT2D eigenvalue weighted by Gasteiger charge is 2.18. The van der Waals surface area contributed by atoms with Crippen LogP contribution in [0.3, 0.4) is 0 Å². The number of ether oxygens (including phenoxy) is 2. The van der Waals surface area contributed by atoms with Crippen LogP contribution in [0.2, 0.25) is 0 Å². The van der Waals surface area contributed by atoms with E-state index in [4.69, 9.17) is 9.47 Å². The number of phenols is 2. The fourth-order valence-corrected chi connectivity index (χ4v) is 6.40. The Labute approximate surface area is 267 Å². The Morgan fingerprint density at radius 2 is 0.609 bits per heavy atom. The van der Waals surface area contributed by atoms with E-state index in [9.17, 15) is 10.2 Å². The largest absolute Gasteiger partial charge is 0.507 e. The first-order chi connectivity index (χ1) is 22.6. The van der Waals surface area contributed by atoms with Crippen LogP contribution >= 0.6 is 0 Å². The third-order valence-electron chi connectivity index (χ3n) is 8.54. The van der Waals surface area contributed by atoms with Crippen LogP contribution in [-0.2, 0) is 0 Å². The van der Waals surface area contributed by atoms with Gasteiger partial charge in [-0.15, -0.1) is 0 Å². The number of rotatable bonds is 4. The van der Waals surface area contributed by atoms with Gasteiger partial charge in [-0.25, -0.2) is 0 Å². The van der Waals surface area contributed by atoms with Crippen molar-refractivity contribution in [3.63, 3.8) is 0 Å². The van der Waals surface area contributed by atoms with E-state index in [0.29, 0.717) is 11.1 Å². The van der Waals surface area contributed by atoms with E-state index < -0.39 is 0 Å². The molecule has 0 fully saturated rings. The van der Waals surface area contributed by atoms with E-state index in [1.54, 1.807) is 26.4 Å². The van der Waals surface area contributed by atoms with E-state index in [2.05, 4.69) is 60.7 Å². The molecule has 0 atom stereocenters.